The van der Waals surface area contributed by atoms with Crippen LogP contribution in [0.2, 0.25) is 0 Å². The van der Waals surface area contributed by atoms with Gasteiger partial charge in [-0.15, -0.1) is 0 Å². The molecule has 0 spiro atoms. The Kier molecular flexibility index (Phi) is 6.51. The zero-order chi connectivity index (χ0) is 29.3. The van der Waals surface area contributed by atoms with Gasteiger partial charge in [0.05, 0.1) is 11.4 Å². The van der Waals surface area contributed by atoms with Gasteiger partial charge < -0.3 is 0 Å². The van der Waals surface area contributed by atoms with Gasteiger partial charge >= 0.3 is 0 Å². The summed E-state index contributed by atoms with van der Waals surface area (Å²) in [6, 6.07) is 59.9. The molecule has 7 aromatic carbocycles. The lowest BCUT2D eigenvalue weighted by molar-refractivity contribution is 1.18. The molecule has 0 bridgehead atoms. The molecular formula is C42H28N2. The van der Waals surface area contributed by atoms with Crippen LogP contribution in [0.1, 0.15) is 0 Å². The van der Waals surface area contributed by atoms with E-state index in [1.54, 1.807) is 0 Å². The minimum absolute atomic E-state index is 0.713. The Hall–Kier alpha value is -5.86. The van der Waals surface area contributed by atoms with Gasteiger partial charge in [0, 0.05) is 16.7 Å². The third-order valence-electron chi connectivity index (χ3n) is 8.24. The lowest BCUT2D eigenvalue weighted by Gasteiger charge is -2.15. The molecular weight excluding hydrogens is 532 g/mol. The first-order valence-electron chi connectivity index (χ1n) is 14.9. The molecule has 206 valence electrons. The summed E-state index contributed by atoms with van der Waals surface area (Å²) in [5.41, 5.74) is 9.58. The number of hydrogen-bond acceptors (Lipinski definition) is 2. The topological polar surface area (TPSA) is 25.8 Å². The Labute approximate surface area is 257 Å². The van der Waals surface area contributed by atoms with E-state index in [2.05, 4.69) is 146 Å². The molecule has 44 heavy (non-hydrogen) atoms. The highest BCUT2D eigenvalue weighted by Gasteiger charge is 2.15. The average Bonchev–Trinajstić information content (AvgIpc) is 3.12. The lowest BCUT2D eigenvalue weighted by Crippen LogP contribution is -1.96. The molecule has 0 atom stereocenters. The SMILES string of the molecule is c1ccc(-c2cc(-c3cc(-c4ccccc4)nc(-c4ccccc4)n3)cc(-c3cc4ccccc4c4ccccc34)c2)cc1. The highest BCUT2D eigenvalue weighted by atomic mass is 14.9. The van der Waals surface area contributed by atoms with Gasteiger partial charge in [0.15, 0.2) is 5.82 Å². The summed E-state index contributed by atoms with van der Waals surface area (Å²) in [4.78, 5) is 10.2. The largest absolute Gasteiger partial charge is 0.228 e. The third-order valence-corrected chi connectivity index (χ3v) is 8.24. The Balaban J connectivity index is 1.41. The molecule has 0 amide bonds. The van der Waals surface area contributed by atoms with Crippen LogP contribution in [0, 0.1) is 0 Å². The van der Waals surface area contributed by atoms with Crippen molar-refractivity contribution in [1.82, 2.24) is 9.97 Å². The molecule has 0 unspecified atom stereocenters. The van der Waals surface area contributed by atoms with Crippen LogP contribution in [0.4, 0.5) is 0 Å². The fraction of sp³-hybridized carbons (Fsp3) is 0. The van der Waals surface area contributed by atoms with E-state index >= 15 is 0 Å². The maximum absolute atomic E-state index is 5.17. The van der Waals surface area contributed by atoms with Crippen molar-refractivity contribution in [2.24, 2.45) is 0 Å². The van der Waals surface area contributed by atoms with Crippen LogP contribution in [-0.2, 0) is 0 Å². The minimum atomic E-state index is 0.713. The van der Waals surface area contributed by atoms with Gasteiger partial charge in [-0.3, -0.25) is 0 Å². The first kappa shape index (κ1) is 25.8. The number of nitrogens with zero attached hydrogens (tertiary/aromatic N) is 2. The molecule has 0 N–H and O–H groups in total. The summed E-state index contributed by atoms with van der Waals surface area (Å²) in [5, 5.41) is 4.99. The molecule has 0 aliphatic heterocycles. The van der Waals surface area contributed by atoms with Gasteiger partial charge in [-0.25, -0.2) is 9.97 Å². The van der Waals surface area contributed by atoms with E-state index in [1.165, 1.54) is 32.7 Å². The third kappa shape index (κ3) is 4.83. The van der Waals surface area contributed by atoms with E-state index in [4.69, 9.17) is 9.97 Å². The summed E-state index contributed by atoms with van der Waals surface area (Å²) in [5.74, 6) is 0.713. The van der Waals surface area contributed by atoms with Crippen molar-refractivity contribution in [2.75, 3.05) is 0 Å². The van der Waals surface area contributed by atoms with Crippen molar-refractivity contribution >= 4 is 21.5 Å². The van der Waals surface area contributed by atoms with Gasteiger partial charge in [-0.1, -0.05) is 140 Å². The van der Waals surface area contributed by atoms with E-state index in [9.17, 15) is 0 Å². The highest BCUT2D eigenvalue weighted by Crippen LogP contribution is 2.39. The van der Waals surface area contributed by atoms with Crippen molar-refractivity contribution in [2.45, 2.75) is 0 Å². The van der Waals surface area contributed by atoms with E-state index in [-0.39, 0.29) is 0 Å². The number of fused-ring (bicyclic) bond motifs is 3. The number of hydrogen-bond donors (Lipinski definition) is 0. The fourth-order valence-electron chi connectivity index (χ4n) is 6.09. The molecule has 0 saturated heterocycles. The van der Waals surface area contributed by atoms with Gasteiger partial charge in [-0.05, 0) is 74.1 Å². The predicted octanol–water partition coefficient (Wildman–Crippen LogP) is 11.1. The van der Waals surface area contributed by atoms with Gasteiger partial charge in [0.1, 0.15) is 0 Å². The van der Waals surface area contributed by atoms with E-state index in [0.29, 0.717) is 5.82 Å². The number of aromatic nitrogens is 2. The van der Waals surface area contributed by atoms with Gasteiger partial charge in [-0.2, -0.15) is 0 Å². The van der Waals surface area contributed by atoms with E-state index in [1.807, 2.05) is 24.3 Å². The smallest absolute Gasteiger partial charge is 0.160 e. The zero-order valence-electron chi connectivity index (χ0n) is 24.1. The normalized spacial score (nSPS) is 11.2. The minimum Gasteiger partial charge on any atom is -0.228 e. The second-order valence-corrected chi connectivity index (χ2v) is 11.0. The van der Waals surface area contributed by atoms with Crippen LogP contribution >= 0.6 is 0 Å². The summed E-state index contributed by atoms with van der Waals surface area (Å²) in [6.45, 7) is 0. The van der Waals surface area contributed by atoms with Gasteiger partial charge in [0.2, 0.25) is 0 Å². The van der Waals surface area contributed by atoms with Gasteiger partial charge in [0.25, 0.3) is 0 Å². The standard InChI is InChI=1S/C42H28N2/c1-4-14-29(15-5-1)33-24-34(39-27-32-20-10-11-21-36(32)37-22-12-13-23-38(37)39)26-35(25-33)41-28-40(30-16-6-2-7-17-30)43-42(44-41)31-18-8-3-9-19-31/h1-28H. The second kappa shape index (κ2) is 11.1. The van der Waals surface area contributed by atoms with Crippen molar-refractivity contribution < 1.29 is 0 Å². The molecule has 1 aromatic heterocycles. The quantitative estimate of drug-likeness (QED) is 0.196. The fourth-order valence-corrected chi connectivity index (χ4v) is 6.09. The van der Waals surface area contributed by atoms with Crippen molar-refractivity contribution in [1.29, 1.82) is 0 Å². The molecule has 8 rings (SSSR count). The predicted molar refractivity (Wildman–Crippen MR) is 184 cm³/mol. The Morgan fingerprint density at radius 1 is 0.295 bits per heavy atom. The first-order valence-corrected chi connectivity index (χ1v) is 14.9. The Morgan fingerprint density at radius 3 is 1.50 bits per heavy atom. The maximum Gasteiger partial charge on any atom is 0.160 e. The van der Waals surface area contributed by atoms with Crippen LogP contribution in [0.5, 0.6) is 0 Å². The second-order valence-electron chi connectivity index (χ2n) is 11.0. The number of benzene rings is 7. The Morgan fingerprint density at radius 2 is 0.795 bits per heavy atom. The van der Waals surface area contributed by atoms with Crippen molar-refractivity contribution in [3.63, 3.8) is 0 Å². The zero-order valence-corrected chi connectivity index (χ0v) is 24.1. The molecule has 2 heteroatoms. The van der Waals surface area contributed by atoms with Crippen molar-refractivity contribution in [3.8, 4) is 56.2 Å². The van der Waals surface area contributed by atoms with E-state index < -0.39 is 0 Å². The maximum atomic E-state index is 5.17. The summed E-state index contributed by atoms with van der Waals surface area (Å²) in [7, 11) is 0. The Bertz CT molecular complexity index is 2200. The average molecular weight is 561 g/mol. The highest BCUT2D eigenvalue weighted by molar-refractivity contribution is 6.14. The first-order chi connectivity index (χ1) is 21.8. The molecule has 2 nitrogen and oxygen atoms in total. The number of rotatable bonds is 5. The molecule has 0 saturated carbocycles. The summed E-state index contributed by atoms with van der Waals surface area (Å²) in [6.07, 6.45) is 0. The van der Waals surface area contributed by atoms with E-state index in [0.717, 1.165) is 39.2 Å². The van der Waals surface area contributed by atoms with Crippen LogP contribution in [0.15, 0.2) is 170 Å². The summed E-state index contributed by atoms with van der Waals surface area (Å²) < 4.78 is 0. The lowest BCUT2D eigenvalue weighted by atomic mass is 9.90. The molecule has 0 fully saturated rings. The molecule has 8 aromatic rings. The summed E-state index contributed by atoms with van der Waals surface area (Å²) >= 11 is 0. The molecule has 0 radical (unpaired) electrons. The van der Waals surface area contributed by atoms with Crippen molar-refractivity contribution in [3.05, 3.63) is 170 Å². The van der Waals surface area contributed by atoms with Crippen LogP contribution in [0.3, 0.4) is 0 Å². The van der Waals surface area contributed by atoms with Crippen LogP contribution < -0.4 is 0 Å². The monoisotopic (exact) mass is 560 g/mol. The molecule has 0 aliphatic rings. The van der Waals surface area contributed by atoms with Crippen LogP contribution in [-0.4, -0.2) is 9.97 Å². The van der Waals surface area contributed by atoms with Crippen LogP contribution in [0.25, 0.3) is 77.7 Å². The molecule has 0 aliphatic carbocycles. The molecule has 1 heterocycles.